The molecule has 48 valence electrons. The van der Waals surface area contributed by atoms with Crippen molar-refractivity contribution in [3.05, 3.63) is 0 Å². The maximum absolute atomic E-state index is 4.69. The summed E-state index contributed by atoms with van der Waals surface area (Å²) in [5.74, 6) is 0.518. The third-order valence-corrected chi connectivity index (χ3v) is 1.25. The Morgan fingerprint density at radius 2 is 2.12 bits per heavy atom. The third kappa shape index (κ3) is 2.79. The highest BCUT2D eigenvalue weighted by molar-refractivity contribution is 5.98. The molecular weight excluding hydrogens is 118 g/mol. The van der Waals surface area contributed by atoms with Gasteiger partial charge in [0.15, 0.2) is 0 Å². The first-order valence-corrected chi connectivity index (χ1v) is 3.57. The van der Waals surface area contributed by atoms with Crippen LogP contribution in [-0.2, 0) is 4.53 Å². The van der Waals surface area contributed by atoms with E-state index in [0.717, 1.165) is 5.71 Å². The highest BCUT2D eigenvalue weighted by Crippen LogP contribution is 1.94. The van der Waals surface area contributed by atoms with Crippen molar-refractivity contribution in [3.63, 3.8) is 0 Å². The first-order chi connectivity index (χ1) is 3.68. The van der Waals surface area contributed by atoms with Crippen LogP contribution in [0.1, 0.15) is 20.8 Å². The van der Waals surface area contributed by atoms with E-state index < -0.39 is 0 Å². The van der Waals surface area contributed by atoms with E-state index in [2.05, 4.69) is 19.0 Å². The molecule has 0 aliphatic carbocycles. The van der Waals surface area contributed by atoms with E-state index in [4.69, 9.17) is 4.53 Å². The molecule has 0 aromatic carbocycles. The molecule has 0 spiro atoms. The van der Waals surface area contributed by atoms with Gasteiger partial charge in [-0.25, -0.2) is 0 Å². The van der Waals surface area contributed by atoms with Crippen molar-refractivity contribution in [2.45, 2.75) is 20.8 Å². The second-order valence-corrected chi connectivity index (χ2v) is 2.44. The summed E-state index contributed by atoms with van der Waals surface area (Å²) in [5, 5.41) is 3.80. The molecule has 0 aliphatic rings. The van der Waals surface area contributed by atoms with Crippen LogP contribution in [0.4, 0.5) is 0 Å². The molecule has 0 heterocycles. The lowest BCUT2D eigenvalue weighted by atomic mass is 10.1. The normalized spacial score (nSPS) is 12.8. The van der Waals surface area contributed by atoms with Gasteiger partial charge in [0.25, 0.3) is 0 Å². The van der Waals surface area contributed by atoms with Gasteiger partial charge in [0.2, 0.25) is 10.5 Å². The zero-order valence-corrected chi connectivity index (χ0v) is 7.93. The van der Waals surface area contributed by atoms with Crippen LogP contribution in [-0.4, -0.2) is 16.2 Å². The highest BCUT2D eigenvalue weighted by atomic mass is 28.2. The Kier molecular flexibility index (Phi) is 3.52. The largest absolute Gasteiger partial charge is 0.467 e. The molecule has 0 saturated carbocycles. The van der Waals surface area contributed by atoms with Gasteiger partial charge in [0.05, 0.1) is 5.71 Å². The van der Waals surface area contributed by atoms with E-state index in [0.29, 0.717) is 16.4 Å². The van der Waals surface area contributed by atoms with Gasteiger partial charge in [-0.1, -0.05) is 13.8 Å². The van der Waals surface area contributed by atoms with E-state index in [-0.39, 0.29) is 0 Å². The monoisotopic (exact) mass is 131 g/mol. The Morgan fingerprint density at radius 1 is 1.62 bits per heavy atom. The van der Waals surface area contributed by atoms with E-state index >= 15 is 0 Å². The molecule has 0 N–H and O–H groups in total. The summed E-state index contributed by atoms with van der Waals surface area (Å²) in [5.41, 5.74) is 1.07. The van der Waals surface area contributed by atoms with Crippen molar-refractivity contribution >= 4 is 16.2 Å². The van der Waals surface area contributed by atoms with Gasteiger partial charge in [-0.05, 0) is 12.8 Å². The maximum Gasteiger partial charge on any atom is 0.242 e. The van der Waals surface area contributed by atoms with E-state index in [1.165, 1.54) is 0 Å². The fourth-order valence-corrected chi connectivity index (χ4v) is 0.537. The maximum atomic E-state index is 4.69. The lowest BCUT2D eigenvalue weighted by Gasteiger charge is -2.00. The summed E-state index contributed by atoms with van der Waals surface area (Å²) in [6.07, 6.45) is 0. The summed E-state index contributed by atoms with van der Waals surface area (Å²) in [4.78, 5) is 0. The number of hydrogen-bond donors (Lipinski definition) is 0. The smallest absolute Gasteiger partial charge is 0.242 e. The second-order valence-electron chi connectivity index (χ2n) is 2.07. The van der Waals surface area contributed by atoms with Gasteiger partial charge >= 0.3 is 0 Å². The van der Waals surface area contributed by atoms with Crippen LogP contribution in [0.2, 0.25) is 0 Å². The topological polar surface area (TPSA) is 21.6 Å². The van der Waals surface area contributed by atoms with Crippen molar-refractivity contribution in [2.75, 3.05) is 0 Å². The number of nitrogens with zero attached hydrogens (tertiary/aromatic N) is 1. The van der Waals surface area contributed by atoms with Crippen LogP contribution in [0.25, 0.3) is 0 Å². The van der Waals surface area contributed by atoms with Crippen molar-refractivity contribution in [1.29, 1.82) is 0 Å². The van der Waals surface area contributed by atoms with Crippen molar-refractivity contribution in [1.82, 2.24) is 0 Å². The Hall–Kier alpha value is -0.313. The summed E-state index contributed by atoms with van der Waals surface area (Å²) in [7, 11) is 0.695. The minimum atomic E-state index is 0.518. The van der Waals surface area contributed by atoms with Crippen LogP contribution in [0.3, 0.4) is 0 Å². The fraction of sp³-hybridized carbons (Fsp3) is 0.800. The standard InChI is InChI=1S/C5H13NOSi/c1-4(2)5(3)6-7-8/h4H,1-3,8H3. The molecule has 0 rings (SSSR count). The zero-order chi connectivity index (χ0) is 6.57. The van der Waals surface area contributed by atoms with Crippen LogP contribution >= 0.6 is 0 Å². The molecule has 0 saturated heterocycles. The lowest BCUT2D eigenvalue weighted by Crippen LogP contribution is -2.01. The highest BCUT2D eigenvalue weighted by Gasteiger charge is 1.95. The van der Waals surface area contributed by atoms with Crippen molar-refractivity contribution in [2.24, 2.45) is 11.1 Å². The van der Waals surface area contributed by atoms with Gasteiger partial charge in [0.1, 0.15) is 0 Å². The molecule has 0 aromatic rings. The molecule has 0 bridgehead atoms. The molecule has 0 radical (unpaired) electrons. The third-order valence-electron chi connectivity index (χ3n) is 1.07. The molecule has 0 aromatic heterocycles. The quantitative estimate of drug-likeness (QED) is 0.300. The Morgan fingerprint density at radius 3 is 2.25 bits per heavy atom. The predicted molar refractivity (Wildman–Crippen MR) is 39.0 cm³/mol. The van der Waals surface area contributed by atoms with Crippen LogP contribution < -0.4 is 0 Å². The first-order valence-electron chi connectivity index (χ1n) is 2.76. The van der Waals surface area contributed by atoms with Gasteiger partial charge in [-0.3, -0.25) is 0 Å². The fourth-order valence-electron chi connectivity index (χ4n) is 0.249. The van der Waals surface area contributed by atoms with Crippen LogP contribution in [0.15, 0.2) is 5.16 Å². The molecule has 0 amide bonds. The molecule has 3 heteroatoms. The zero-order valence-electron chi connectivity index (χ0n) is 5.93. The number of rotatable bonds is 2. The van der Waals surface area contributed by atoms with Crippen molar-refractivity contribution in [3.8, 4) is 0 Å². The minimum Gasteiger partial charge on any atom is -0.467 e. The van der Waals surface area contributed by atoms with E-state index in [1.54, 1.807) is 0 Å². The number of hydrogen-bond acceptors (Lipinski definition) is 2. The molecule has 0 aliphatic heterocycles. The van der Waals surface area contributed by atoms with Gasteiger partial charge in [-0.15, -0.1) is 5.16 Å². The molecule has 8 heavy (non-hydrogen) atoms. The summed E-state index contributed by atoms with van der Waals surface area (Å²) in [6, 6.07) is 0. The molecule has 0 fully saturated rings. The summed E-state index contributed by atoms with van der Waals surface area (Å²) in [6.45, 7) is 6.17. The Bertz CT molecular complexity index is 90.4. The summed E-state index contributed by atoms with van der Waals surface area (Å²) < 4.78 is 4.69. The lowest BCUT2D eigenvalue weighted by molar-refractivity contribution is 0.374. The minimum absolute atomic E-state index is 0.518. The molecule has 0 atom stereocenters. The Balaban J connectivity index is 3.61. The SMILES string of the molecule is CC(=NO[SiH3])C(C)C. The van der Waals surface area contributed by atoms with Gasteiger partial charge < -0.3 is 4.53 Å². The average Bonchev–Trinajstić information content (AvgIpc) is 1.67. The predicted octanol–water partition coefficient (Wildman–Crippen LogP) is 0.315. The number of oxime groups is 1. The second kappa shape index (κ2) is 3.66. The molecular formula is C5H13NOSi. The summed E-state index contributed by atoms with van der Waals surface area (Å²) >= 11 is 0. The molecule has 0 unspecified atom stereocenters. The van der Waals surface area contributed by atoms with Crippen LogP contribution in [0, 0.1) is 5.92 Å². The van der Waals surface area contributed by atoms with Gasteiger partial charge in [-0.2, -0.15) is 0 Å². The first kappa shape index (κ1) is 7.69. The van der Waals surface area contributed by atoms with Crippen molar-refractivity contribution < 1.29 is 4.53 Å². The van der Waals surface area contributed by atoms with Crippen LogP contribution in [0.5, 0.6) is 0 Å². The molecule has 2 nitrogen and oxygen atoms in total. The Labute approximate surface area is 53.5 Å². The van der Waals surface area contributed by atoms with E-state index in [9.17, 15) is 0 Å². The average molecular weight is 131 g/mol. The van der Waals surface area contributed by atoms with E-state index in [1.807, 2.05) is 6.92 Å². The van der Waals surface area contributed by atoms with Gasteiger partial charge in [0, 0.05) is 0 Å².